The monoisotopic (exact) mass is 1830 g/mol. The molecule has 24 aromatic rings. The zero-order valence-corrected chi connectivity index (χ0v) is 77.1. The number of pyridine rings is 8. The summed E-state index contributed by atoms with van der Waals surface area (Å²) >= 11 is 6.58. The second-order valence-electron chi connectivity index (χ2n) is 32.1. The van der Waals surface area contributed by atoms with Crippen molar-refractivity contribution in [3.8, 4) is 134 Å². The van der Waals surface area contributed by atoms with E-state index in [1.807, 2.05) is 159 Å². The van der Waals surface area contributed by atoms with E-state index < -0.39 is 0 Å². The zero-order chi connectivity index (χ0) is 92.3. The first-order chi connectivity index (χ1) is 66.1. The fourth-order valence-electron chi connectivity index (χ4n) is 16.0. The summed E-state index contributed by atoms with van der Waals surface area (Å²) in [5, 5.41) is 15.9. The van der Waals surface area contributed by atoms with Crippen LogP contribution in [-0.2, 0) is 0 Å². The van der Waals surface area contributed by atoms with Crippen LogP contribution >= 0.6 is 45.3 Å². The number of fused-ring (bicyclic) bond motifs is 6. The van der Waals surface area contributed by atoms with E-state index in [1.165, 1.54) is 49.9 Å². The van der Waals surface area contributed by atoms with E-state index >= 15 is 0 Å². The van der Waals surface area contributed by atoms with Crippen molar-refractivity contribution < 1.29 is 13.2 Å². The molecule has 0 bridgehead atoms. The van der Waals surface area contributed by atoms with Crippen LogP contribution < -0.4 is 0 Å². The van der Waals surface area contributed by atoms with Crippen LogP contribution in [0.15, 0.2) is 382 Å². The maximum Gasteiger partial charge on any atom is 0.160 e. The second-order valence-corrected chi connectivity index (χ2v) is 35.6. The van der Waals surface area contributed by atoms with Gasteiger partial charge in [0.15, 0.2) is 11.3 Å². The normalized spacial score (nSPS) is 11.0. The lowest BCUT2D eigenvalue weighted by Gasteiger charge is -2.10. The van der Waals surface area contributed by atoms with Crippen molar-refractivity contribution in [1.82, 2.24) is 79.0 Å². The molecule has 0 amide bonds. The van der Waals surface area contributed by atoms with Crippen molar-refractivity contribution >= 4 is 97.5 Å². The van der Waals surface area contributed by atoms with Crippen LogP contribution in [0.4, 0.5) is 13.2 Å². The quantitative estimate of drug-likeness (QED) is 0.112. The average Bonchev–Trinajstić information content (AvgIpc) is 1.80. The lowest BCUT2D eigenvalue weighted by molar-refractivity contribution is 0.618. The number of halogens is 3. The molecule has 0 aliphatic heterocycles. The standard InChI is InChI=1S/2C19H13FN2S.2C19H14N2S.C18H13FN4.C18H14N4/c1-12-9-14(4-6-16(12)20)19-15(3-2-8-21-19)13-5-7-18-17(10-13)22-11-23-18;1-12-9-14(4-6-16(12)20)19-15(3-2-8-21-19)13-5-7-17-18(10-13)23-11-22-17;1-13-4-2-5-15(10-13)19-16(6-3-9-20-19)14-7-8-18-17(11-14)21-12-22-18;1-13-4-2-5-15(10-13)19-16(6-3-9-20-19)14-7-8-17-18(11-14)22-12-21-17;1-12-9-13(4-6-16(12)19)18-15(3-2-8-20-18)14-5-7-17-22-21-11-23(17)10-14;1-13-4-2-5-14(10-13)18-16(6-3-9-19-18)15-7-8-17-21-20-12-22(17)11-15/h2*2-11H,1H3;2*2-12H,1H3;2-11H,1H3;2-12H,1H3. The van der Waals surface area contributed by atoms with E-state index in [-0.39, 0.29) is 17.5 Å². The molecule has 0 saturated heterocycles. The molecule has 14 heterocycles. The third-order valence-electron chi connectivity index (χ3n) is 22.8. The van der Waals surface area contributed by atoms with Crippen molar-refractivity contribution in [2.24, 2.45) is 0 Å². The first-order valence-electron chi connectivity index (χ1n) is 43.2. The molecule has 24 rings (SSSR count). The van der Waals surface area contributed by atoms with Crippen LogP contribution in [0, 0.1) is 59.0 Å². The van der Waals surface area contributed by atoms with Gasteiger partial charge < -0.3 is 0 Å². The third-order valence-corrected chi connectivity index (χ3v) is 26.0. The minimum atomic E-state index is -0.211. The predicted octanol–water partition coefficient (Wildman–Crippen LogP) is 29.3. The first-order valence-corrected chi connectivity index (χ1v) is 46.8. The summed E-state index contributed by atoms with van der Waals surface area (Å²) in [4.78, 5) is 44.9. The van der Waals surface area contributed by atoms with Crippen molar-refractivity contribution in [2.75, 3.05) is 0 Å². The van der Waals surface area contributed by atoms with Gasteiger partial charge in [-0.25, -0.2) is 33.1 Å². The van der Waals surface area contributed by atoms with Crippen LogP contribution in [0.1, 0.15) is 33.4 Å². The number of aromatic nitrogens is 16. The van der Waals surface area contributed by atoms with Gasteiger partial charge in [-0.05, 0) is 262 Å². The highest BCUT2D eigenvalue weighted by atomic mass is 32.1. The molecule has 16 nitrogen and oxygen atoms in total. The highest BCUT2D eigenvalue weighted by molar-refractivity contribution is 7.17. The molecule has 0 radical (unpaired) electrons. The van der Waals surface area contributed by atoms with Gasteiger partial charge in [0.05, 0.1) is 97.1 Å². The summed E-state index contributed by atoms with van der Waals surface area (Å²) in [6.07, 6.45) is 18.2. The molecule has 0 fully saturated rings. The number of aryl methyl sites for hydroxylation is 6. The number of hydrogen-bond donors (Lipinski definition) is 0. The highest BCUT2D eigenvalue weighted by Gasteiger charge is 2.19. The largest absolute Gasteiger partial charge is 0.288 e. The van der Waals surface area contributed by atoms with Crippen LogP contribution in [0.25, 0.3) is 186 Å². The van der Waals surface area contributed by atoms with Crippen LogP contribution in [0.5, 0.6) is 0 Å². The molecule has 0 atom stereocenters. The van der Waals surface area contributed by atoms with Gasteiger partial charge in [-0.1, -0.05) is 132 Å². The van der Waals surface area contributed by atoms with E-state index in [2.05, 4.69) is 255 Å². The van der Waals surface area contributed by atoms with Gasteiger partial charge in [0, 0.05) is 127 Å². The molecule has 23 heteroatoms. The Morgan fingerprint density at radius 2 is 0.496 bits per heavy atom. The van der Waals surface area contributed by atoms with Gasteiger partial charge in [-0.15, -0.1) is 65.7 Å². The number of thiazole rings is 4. The Balaban J connectivity index is 0.000000104. The SMILES string of the molecule is Cc1cc(-c2ncccc2-c2ccc3ncsc3c2)ccc1F.Cc1cc(-c2ncccc2-c2ccc3nncn3c2)ccc1F.Cc1cc(-c2ncccc2-c2ccc3scnc3c2)ccc1F.Cc1cccc(-c2ncccc2-c2ccc3ncsc3c2)c1.Cc1cccc(-c2ncccc2-c2ccc3nncn3c2)c1.Cc1cccc(-c2ncccc2-c2ccc3scnc3c2)c1. The maximum atomic E-state index is 13.6. The van der Waals surface area contributed by atoms with Crippen LogP contribution in [-0.4, -0.2) is 79.0 Å². The lowest BCUT2D eigenvalue weighted by atomic mass is 9.98. The third kappa shape index (κ3) is 20.0. The average molecular weight is 1840 g/mol. The molecule has 10 aromatic carbocycles. The molecule has 0 saturated carbocycles. The molecule has 0 aliphatic carbocycles. The van der Waals surface area contributed by atoms with Crippen LogP contribution in [0.2, 0.25) is 0 Å². The van der Waals surface area contributed by atoms with E-state index in [0.29, 0.717) is 16.7 Å². The zero-order valence-electron chi connectivity index (χ0n) is 73.8. The van der Waals surface area contributed by atoms with Gasteiger partial charge in [0.25, 0.3) is 0 Å². The topological polar surface area (TPSA) is 189 Å². The Bertz CT molecular complexity index is 7640. The Morgan fingerprint density at radius 3 is 0.815 bits per heavy atom. The molecular weight excluding hydrogens is 1750 g/mol. The summed E-state index contributed by atoms with van der Waals surface area (Å²) < 4.78 is 49.1. The minimum Gasteiger partial charge on any atom is -0.288 e. The number of nitrogens with zero attached hydrogens (tertiary/aromatic N) is 16. The molecule has 0 spiro atoms. The Morgan fingerprint density at radius 1 is 0.222 bits per heavy atom. The minimum absolute atomic E-state index is 0.197. The van der Waals surface area contributed by atoms with Crippen molar-refractivity contribution in [3.05, 3.63) is 432 Å². The van der Waals surface area contributed by atoms with Crippen LogP contribution in [0.3, 0.4) is 0 Å². The molecule has 0 aliphatic rings. The first kappa shape index (κ1) is 88.0. The fourth-order valence-corrected chi connectivity index (χ4v) is 18.8. The summed E-state index contributed by atoms with van der Waals surface area (Å²) in [5.41, 5.74) is 43.5. The molecule has 14 aromatic heterocycles. The van der Waals surface area contributed by atoms with Gasteiger partial charge in [-0.3, -0.25) is 38.7 Å². The molecule has 654 valence electrons. The smallest absolute Gasteiger partial charge is 0.160 e. The lowest BCUT2D eigenvalue weighted by Crippen LogP contribution is -1.92. The molecule has 135 heavy (non-hydrogen) atoms. The summed E-state index contributed by atoms with van der Waals surface area (Å²) in [6, 6.07) is 97.9. The molecular formula is C112H81F3N16S4. The summed E-state index contributed by atoms with van der Waals surface area (Å²) in [6.45, 7) is 11.6. The second kappa shape index (κ2) is 40.2. The molecule has 0 unspecified atom stereocenters. The number of rotatable bonds is 12. The van der Waals surface area contributed by atoms with Gasteiger partial charge in [0.2, 0.25) is 0 Å². The van der Waals surface area contributed by atoms with Gasteiger partial charge >= 0.3 is 0 Å². The van der Waals surface area contributed by atoms with Crippen molar-refractivity contribution in [2.45, 2.75) is 41.5 Å². The Kier molecular flexibility index (Phi) is 26.2. The van der Waals surface area contributed by atoms with Crippen molar-refractivity contribution in [1.29, 1.82) is 0 Å². The number of hydrogen-bond acceptors (Lipinski definition) is 18. The summed E-state index contributed by atoms with van der Waals surface area (Å²) in [7, 11) is 0. The van der Waals surface area contributed by atoms with Crippen molar-refractivity contribution in [3.63, 3.8) is 0 Å². The highest BCUT2D eigenvalue weighted by Crippen LogP contribution is 2.41. The fraction of sp³-hybridized carbons (Fsp3) is 0.0536. The number of benzene rings is 10. The predicted molar refractivity (Wildman–Crippen MR) is 545 cm³/mol. The van der Waals surface area contributed by atoms with Gasteiger partial charge in [-0.2, -0.15) is 0 Å². The summed E-state index contributed by atoms with van der Waals surface area (Å²) in [5.74, 6) is -0.607. The Hall–Kier alpha value is -16.3. The molecule has 0 N–H and O–H groups in total. The maximum absolute atomic E-state index is 13.6. The Labute approximate surface area is 792 Å². The van der Waals surface area contributed by atoms with E-state index in [4.69, 9.17) is 0 Å². The van der Waals surface area contributed by atoms with E-state index in [1.54, 1.807) is 116 Å². The van der Waals surface area contributed by atoms with E-state index in [0.717, 1.165) is 172 Å². The van der Waals surface area contributed by atoms with E-state index in [9.17, 15) is 13.2 Å². The van der Waals surface area contributed by atoms with Gasteiger partial charge in [0.1, 0.15) is 30.1 Å².